The second-order valence-electron chi connectivity index (χ2n) is 2.83. The van der Waals surface area contributed by atoms with Gasteiger partial charge < -0.3 is 18.8 Å². The summed E-state index contributed by atoms with van der Waals surface area (Å²) in [5.41, 5.74) is 0. The molecular weight excluding hydrogens is 217 g/mol. The van der Waals surface area contributed by atoms with Gasteiger partial charge in [-0.3, -0.25) is 4.57 Å². The van der Waals surface area contributed by atoms with E-state index in [9.17, 15) is 9.46 Å². The molecule has 90 valence electrons. The molecule has 1 atom stereocenters. The van der Waals surface area contributed by atoms with Crippen molar-refractivity contribution in [3.63, 3.8) is 0 Å². The van der Waals surface area contributed by atoms with Gasteiger partial charge in [0.15, 0.2) is 0 Å². The maximum Gasteiger partial charge on any atom is 0.319 e. The van der Waals surface area contributed by atoms with Crippen LogP contribution in [0.3, 0.4) is 0 Å². The van der Waals surface area contributed by atoms with Gasteiger partial charge in [-0.05, 0) is 26.1 Å². The van der Waals surface area contributed by atoms with E-state index < -0.39 is 7.82 Å². The lowest BCUT2D eigenvalue weighted by Crippen LogP contribution is -2.22. The minimum atomic E-state index is -4.12. The molecule has 0 rings (SSSR count). The van der Waals surface area contributed by atoms with Crippen molar-refractivity contribution in [2.45, 2.75) is 20.8 Å². The Hall–Kier alpha value is -0.350. The van der Waals surface area contributed by atoms with Crippen molar-refractivity contribution in [3.05, 3.63) is 12.3 Å². The third kappa shape index (κ3) is 7.56. The fourth-order valence-electron chi connectivity index (χ4n) is 0.980. The van der Waals surface area contributed by atoms with Crippen molar-refractivity contribution >= 4 is 7.82 Å². The number of hydrogen-bond donors (Lipinski definition) is 0. The normalized spacial score (nSPS) is 15.8. The molecule has 0 aliphatic rings. The molecule has 15 heavy (non-hydrogen) atoms. The first-order valence-electron chi connectivity index (χ1n) is 5.07. The predicted octanol–water partition coefficient (Wildman–Crippen LogP) is 1.36. The zero-order valence-corrected chi connectivity index (χ0v) is 10.4. The lowest BCUT2D eigenvalue weighted by Gasteiger charge is -2.20. The molecular formula is C9H19NO4P-. The second-order valence-corrected chi connectivity index (χ2v) is 4.19. The molecule has 5 nitrogen and oxygen atoms in total. The van der Waals surface area contributed by atoms with Gasteiger partial charge in [0.05, 0.1) is 12.9 Å². The van der Waals surface area contributed by atoms with E-state index in [0.717, 1.165) is 19.4 Å². The Balaban J connectivity index is 3.84. The van der Waals surface area contributed by atoms with Crippen molar-refractivity contribution in [1.29, 1.82) is 0 Å². The van der Waals surface area contributed by atoms with E-state index in [4.69, 9.17) is 0 Å². The molecule has 0 spiro atoms. The standard InChI is InChI=1S/C9H20NO4P/c1-4-10(5-2)8-7-9-14-15(11,12)13-6-3/h7,9H,4-6,8H2,1-3H3,(H,11,12)/p-1. The van der Waals surface area contributed by atoms with Crippen LogP contribution in [-0.4, -0.2) is 31.1 Å². The molecule has 0 amide bonds. The monoisotopic (exact) mass is 236 g/mol. The van der Waals surface area contributed by atoms with Crippen molar-refractivity contribution in [2.75, 3.05) is 26.2 Å². The van der Waals surface area contributed by atoms with E-state index in [1.165, 1.54) is 0 Å². The molecule has 0 saturated heterocycles. The van der Waals surface area contributed by atoms with Crippen LogP contribution in [0.15, 0.2) is 12.3 Å². The summed E-state index contributed by atoms with van der Waals surface area (Å²) in [4.78, 5) is 13.1. The van der Waals surface area contributed by atoms with Gasteiger partial charge in [-0.1, -0.05) is 13.8 Å². The molecule has 0 aliphatic heterocycles. The first kappa shape index (κ1) is 14.6. The highest BCUT2D eigenvalue weighted by Gasteiger charge is 2.05. The first-order valence-corrected chi connectivity index (χ1v) is 6.53. The quantitative estimate of drug-likeness (QED) is 0.470. The molecule has 0 bridgehead atoms. The smallest absolute Gasteiger partial charge is 0.319 e. The number of phosphoric ester groups is 1. The zero-order valence-electron chi connectivity index (χ0n) is 9.51. The Kier molecular flexibility index (Phi) is 7.70. The highest BCUT2D eigenvalue weighted by Crippen LogP contribution is 2.37. The van der Waals surface area contributed by atoms with Gasteiger partial charge in [0.2, 0.25) is 0 Å². The van der Waals surface area contributed by atoms with Crippen LogP contribution in [0.2, 0.25) is 0 Å². The van der Waals surface area contributed by atoms with Crippen molar-refractivity contribution in [3.8, 4) is 0 Å². The molecule has 0 radical (unpaired) electrons. The highest BCUT2D eigenvalue weighted by molar-refractivity contribution is 7.45. The molecule has 6 heteroatoms. The van der Waals surface area contributed by atoms with Crippen LogP contribution in [0.4, 0.5) is 0 Å². The zero-order chi connectivity index (χ0) is 11.7. The Labute approximate surface area is 91.3 Å². The summed E-state index contributed by atoms with van der Waals surface area (Å²) >= 11 is 0. The molecule has 0 fully saturated rings. The minimum absolute atomic E-state index is 0.0880. The van der Waals surface area contributed by atoms with Crippen LogP contribution in [0.5, 0.6) is 0 Å². The molecule has 0 saturated carbocycles. The van der Waals surface area contributed by atoms with E-state index in [0.29, 0.717) is 6.54 Å². The van der Waals surface area contributed by atoms with Gasteiger partial charge in [0, 0.05) is 6.54 Å². The van der Waals surface area contributed by atoms with Gasteiger partial charge in [-0.2, -0.15) is 0 Å². The van der Waals surface area contributed by atoms with Gasteiger partial charge >= 0.3 is 7.82 Å². The summed E-state index contributed by atoms with van der Waals surface area (Å²) in [6.45, 7) is 8.26. The summed E-state index contributed by atoms with van der Waals surface area (Å²) in [6.07, 6.45) is 2.80. The lowest BCUT2D eigenvalue weighted by molar-refractivity contribution is -0.220. The van der Waals surface area contributed by atoms with Crippen molar-refractivity contribution < 1.29 is 18.5 Å². The van der Waals surface area contributed by atoms with E-state index >= 15 is 0 Å². The van der Waals surface area contributed by atoms with Crippen LogP contribution in [-0.2, 0) is 13.6 Å². The maximum atomic E-state index is 10.9. The van der Waals surface area contributed by atoms with Crippen LogP contribution >= 0.6 is 7.82 Å². The summed E-state index contributed by atoms with van der Waals surface area (Å²) < 4.78 is 19.8. The number of rotatable bonds is 8. The number of likely N-dealkylation sites (N-methyl/N-ethyl adjacent to an activating group) is 1. The Bertz CT molecular complexity index is 228. The Morgan fingerprint density at radius 2 is 1.93 bits per heavy atom. The summed E-state index contributed by atoms with van der Waals surface area (Å²) in [7, 11) is -4.12. The topological polar surface area (TPSA) is 61.8 Å². The average Bonchev–Trinajstić information content (AvgIpc) is 2.18. The van der Waals surface area contributed by atoms with Crippen molar-refractivity contribution in [2.24, 2.45) is 0 Å². The summed E-state index contributed by atoms with van der Waals surface area (Å²) in [6, 6.07) is 0. The highest BCUT2D eigenvalue weighted by atomic mass is 31.2. The molecule has 0 N–H and O–H groups in total. The van der Waals surface area contributed by atoms with Gasteiger partial charge in [0.25, 0.3) is 0 Å². The first-order chi connectivity index (χ1) is 7.05. The SMILES string of the molecule is CCOP(=O)([O-])OC=CCN(CC)CC. The number of phosphoric acid groups is 1. The fraction of sp³-hybridized carbons (Fsp3) is 0.778. The van der Waals surface area contributed by atoms with Crippen LogP contribution in [0.25, 0.3) is 0 Å². The molecule has 0 aromatic heterocycles. The Morgan fingerprint density at radius 1 is 1.33 bits per heavy atom. The van der Waals surface area contributed by atoms with E-state index in [2.05, 4.69) is 13.9 Å². The minimum Gasteiger partial charge on any atom is -0.746 e. The molecule has 0 aliphatic carbocycles. The average molecular weight is 236 g/mol. The largest absolute Gasteiger partial charge is 0.746 e. The van der Waals surface area contributed by atoms with Crippen molar-refractivity contribution in [1.82, 2.24) is 4.90 Å². The van der Waals surface area contributed by atoms with E-state index in [-0.39, 0.29) is 6.61 Å². The van der Waals surface area contributed by atoms with E-state index in [1.54, 1.807) is 13.0 Å². The predicted molar refractivity (Wildman–Crippen MR) is 57.2 cm³/mol. The number of hydrogen-bond acceptors (Lipinski definition) is 5. The fourth-order valence-corrected chi connectivity index (χ4v) is 1.59. The third-order valence-corrected chi connectivity index (χ3v) is 2.79. The van der Waals surface area contributed by atoms with Gasteiger partial charge in [-0.15, -0.1) is 0 Å². The lowest BCUT2D eigenvalue weighted by atomic mass is 10.5. The molecule has 1 unspecified atom stereocenters. The van der Waals surface area contributed by atoms with E-state index in [1.807, 2.05) is 13.8 Å². The third-order valence-electron chi connectivity index (χ3n) is 1.83. The maximum absolute atomic E-state index is 10.9. The summed E-state index contributed by atoms with van der Waals surface area (Å²) in [5.74, 6) is 0. The number of nitrogens with zero attached hydrogens (tertiary/aromatic N) is 1. The molecule has 0 aromatic rings. The van der Waals surface area contributed by atoms with Crippen LogP contribution in [0, 0.1) is 0 Å². The van der Waals surface area contributed by atoms with Crippen LogP contribution in [0.1, 0.15) is 20.8 Å². The van der Waals surface area contributed by atoms with Crippen LogP contribution < -0.4 is 4.89 Å². The van der Waals surface area contributed by atoms with Gasteiger partial charge in [-0.25, -0.2) is 0 Å². The molecule has 0 heterocycles. The molecule has 0 aromatic carbocycles. The summed E-state index contributed by atoms with van der Waals surface area (Å²) in [5, 5.41) is 0. The Morgan fingerprint density at radius 3 is 2.40 bits per heavy atom. The van der Waals surface area contributed by atoms with Gasteiger partial charge in [0.1, 0.15) is 0 Å². The second kappa shape index (κ2) is 7.88.